The molecule has 2 fully saturated rings. The number of likely N-dealkylation sites (N-methyl/N-ethyl adjacent to an activating group) is 1. The lowest BCUT2D eigenvalue weighted by Gasteiger charge is -2.30. The second kappa shape index (κ2) is 8.87. The highest BCUT2D eigenvalue weighted by atomic mass is 79.9. The fourth-order valence-corrected chi connectivity index (χ4v) is 3.93. The Bertz CT molecular complexity index is 597. The van der Waals surface area contributed by atoms with Crippen LogP contribution in [-0.2, 0) is 4.74 Å². The first kappa shape index (κ1) is 18.5. The van der Waals surface area contributed by atoms with Gasteiger partial charge < -0.3 is 25.2 Å². The number of nitrogens with zero attached hydrogens (tertiary/aromatic N) is 3. The molecule has 0 radical (unpaired) electrons. The molecule has 1 aromatic carbocycles. The number of para-hydroxylation sites is 1. The second-order valence-corrected chi connectivity index (χ2v) is 7.59. The van der Waals surface area contributed by atoms with Crippen LogP contribution in [0.4, 0.5) is 5.69 Å². The molecule has 2 aliphatic heterocycles. The Labute approximate surface area is 158 Å². The zero-order chi connectivity index (χ0) is 17.6. The van der Waals surface area contributed by atoms with E-state index in [1.165, 1.54) is 5.69 Å². The van der Waals surface area contributed by atoms with Gasteiger partial charge in [-0.1, -0.05) is 12.1 Å². The van der Waals surface area contributed by atoms with Crippen molar-refractivity contribution in [1.82, 2.24) is 15.5 Å². The molecule has 2 atom stereocenters. The number of hydrogen-bond acceptors (Lipinski definition) is 4. The molecule has 0 spiro atoms. The minimum absolute atomic E-state index is 0.220. The highest BCUT2D eigenvalue weighted by Gasteiger charge is 2.25. The van der Waals surface area contributed by atoms with Gasteiger partial charge in [-0.15, -0.1) is 0 Å². The number of hydrogen-bond donors (Lipinski definition) is 2. The molecule has 0 aliphatic carbocycles. The van der Waals surface area contributed by atoms with Gasteiger partial charge in [-0.2, -0.15) is 0 Å². The summed E-state index contributed by atoms with van der Waals surface area (Å²) in [4.78, 5) is 9.08. The van der Waals surface area contributed by atoms with Crippen LogP contribution in [0.15, 0.2) is 33.7 Å². The van der Waals surface area contributed by atoms with Crippen molar-refractivity contribution in [3.8, 4) is 0 Å². The average Bonchev–Trinajstić information content (AvgIpc) is 3.07. The number of rotatable bonds is 4. The van der Waals surface area contributed by atoms with Crippen molar-refractivity contribution >= 4 is 27.6 Å². The molecule has 2 heterocycles. The maximum absolute atomic E-state index is 5.80. The molecule has 1 aromatic rings. The number of morpholine rings is 1. The molecule has 0 saturated carbocycles. The fraction of sp³-hybridized carbons (Fsp3) is 0.611. The summed E-state index contributed by atoms with van der Waals surface area (Å²) in [5.74, 6) is 0.857. The highest BCUT2D eigenvalue weighted by Crippen LogP contribution is 2.28. The van der Waals surface area contributed by atoms with E-state index in [-0.39, 0.29) is 6.10 Å². The van der Waals surface area contributed by atoms with Crippen molar-refractivity contribution in [2.24, 2.45) is 4.99 Å². The van der Waals surface area contributed by atoms with Gasteiger partial charge in [0.15, 0.2) is 5.96 Å². The maximum atomic E-state index is 5.80. The highest BCUT2D eigenvalue weighted by molar-refractivity contribution is 9.10. The molecule has 0 aromatic heterocycles. The third-order valence-electron chi connectivity index (χ3n) is 4.78. The van der Waals surface area contributed by atoms with Crippen LogP contribution in [-0.4, -0.2) is 76.4 Å². The van der Waals surface area contributed by atoms with Crippen LogP contribution < -0.4 is 15.5 Å². The largest absolute Gasteiger partial charge is 0.374 e. The van der Waals surface area contributed by atoms with Gasteiger partial charge in [0, 0.05) is 50.3 Å². The SMILES string of the molecule is CN=C(NCC1CN(C)CCO1)NC1CCN(c2ccccc2Br)C1. The zero-order valence-corrected chi connectivity index (χ0v) is 16.6. The van der Waals surface area contributed by atoms with Crippen LogP contribution in [0.2, 0.25) is 0 Å². The number of halogens is 1. The normalized spacial score (nSPS) is 25.2. The smallest absolute Gasteiger partial charge is 0.191 e. The van der Waals surface area contributed by atoms with Crippen LogP contribution >= 0.6 is 15.9 Å². The van der Waals surface area contributed by atoms with Crippen LogP contribution in [0.25, 0.3) is 0 Å². The number of anilines is 1. The average molecular weight is 410 g/mol. The van der Waals surface area contributed by atoms with Crippen molar-refractivity contribution in [3.63, 3.8) is 0 Å². The Kier molecular flexibility index (Phi) is 6.56. The Morgan fingerprint density at radius 2 is 2.16 bits per heavy atom. The van der Waals surface area contributed by atoms with Crippen molar-refractivity contribution in [1.29, 1.82) is 0 Å². The first-order valence-electron chi connectivity index (χ1n) is 8.92. The number of ether oxygens (including phenoxy) is 1. The lowest BCUT2D eigenvalue weighted by Crippen LogP contribution is -2.50. The molecule has 138 valence electrons. The predicted molar refractivity (Wildman–Crippen MR) is 106 cm³/mol. The van der Waals surface area contributed by atoms with E-state index in [0.717, 1.165) is 56.2 Å². The molecule has 0 bridgehead atoms. The van der Waals surface area contributed by atoms with Gasteiger partial charge in [0.2, 0.25) is 0 Å². The van der Waals surface area contributed by atoms with Gasteiger partial charge in [0.05, 0.1) is 18.4 Å². The Balaban J connectivity index is 1.47. The number of nitrogens with one attached hydrogen (secondary N) is 2. The molecule has 25 heavy (non-hydrogen) atoms. The lowest BCUT2D eigenvalue weighted by atomic mass is 10.2. The Hall–Kier alpha value is -1.31. The van der Waals surface area contributed by atoms with E-state index < -0.39 is 0 Å². The fourth-order valence-electron chi connectivity index (χ4n) is 3.39. The predicted octanol–water partition coefficient (Wildman–Crippen LogP) is 1.52. The third kappa shape index (κ3) is 5.09. The minimum atomic E-state index is 0.220. The van der Waals surface area contributed by atoms with E-state index >= 15 is 0 Å². The topological polar surface area (TPSA) is 52.1 Å². The molecule has 6 nitrogen and oxygen atoms in total. The van der Waals surface area contributed by atoms with Crippen molar-refractivity contribution in [2.45, 2.75) is 18.6 Å². The van der Waals surface area contributed by atoms with Gasteiger partial charge in [-0.05, 0) is 41.5 Å². The monoisotopic (exact) mass is 409 g/mol. The molecule has 3 rings (SSSR count). The summed E-state index contributed by atoms with van der Waals surface area (Å²) in [6.07, 6.45) is 1.32. The van der Waals surface area contributed by atoms with Crippen LogP contribution in [0, 0.1) is 0 Å². The van der Waals surface area contributed by atoms with Crippen molar-refractivity contribution in [2.75, 3.05) is 58.3 Å². The molecule has 2 N–H and O–H groups in total. The Morgan fingerprint density at radius 3 is 2.92 bits per heavy atom. The Morgan fingerprint density at radius 1 is 1.32 bits per heavy atom. The number of aliphatic imine (C=N–C) groups is 1. The number of guanidine groups is 1. The molecule has 2 aliphatic rings. The first-order chi connectivity index (χ1) is 12.2. The first-order valence-corrected chi connectivity index (χ1v) is 9.72. The summed E-state index contributed by atoms with van der Waals surface area (Å²) >= 11 is 3.65. The lowest BCUT2D eigenvalue weighted by molar-refractivity contribution is -0.0161. The van der Waals surface area contributed by atoms with E-state index in [1.807, 2.05) is 7.05 Å². The van der Waals surface area contributed by atoms with Gasteiger partial charge in [-0.25, -0.2) is 0 Å². The number of benzene rings is 1. The van der Waals surface area contributed by atoms with Crippen LogP contribution in [0.1, 0.15) is 6.42 Å². The summed E-state index contributed by atoms with van der Waals surface area (Å²) < 4.78 is 6.95. The molecule has 0 amide bonds. The maximum Gasteiger partial charge on any atom is 0.191 e. The van der Waals surface area contributed by atoms with E-state index in [4.69, 9.17) is 4.74 Å². The molecule has 2 saturated heterocycles. The van der Waals surface area contributed by atoms with Crippen molar-refractivity contribution < 1.29 is 4.74 Å². The van der Waals surface area contributed by atoms with Gasteiger partial charge in [0.1, 0.15) is 0 Å². The van der Waals surface area contributed by atoms with E-state index in [1.54, 1.807) is 0 Å². The van der Waals surface area contributed by atoms with Gasteiger partial charge in [0.25, 0.3) is 0 Å². The summed E-state index contributed by atoms with van der Waals surface area (Å²) in [5.41, 5.74) is 1.26. The quantitative estimate of drug-likeness (QED) is 0.583. The summed E-state index contributed by atoms with van der Waals surface area (Å²) in [6.45, 7) is 5.59. The molecular formula is C18H28BrN5O. The zero-order valence-electron chi connectivity index (χ0n) is 15.0. The second-order valence-electron chi connectivity index (χ2n) is 6.74. The van der Waals surface area contributed by atoms with Crippen molar-refractivity contribution in [3.05, 3.63) is 28.7 Å². The van der Waals surface area contributed by atoms with E-state index in [9.17, 15) is 0 Å². The molecule has 7 heteroatoms. The van der Waals surface area contributed by atoms with Gasteiger partial charge in [-0.3, -0.25) is 4.99 Å². The summed E-state index contributed by atoms with van der Waals surface area (Å²) in [7, 11) is 3.96. The molecular weight excluding hydrogens is 382 g/mol. The van der Waals surface area contributed by atoms with E-state index in [0.29, 0.717) is 6.04 Å². The van der Waals surface area contributed by atoms with Crippen LogP contribution in [0.5, 0.6) is 0 Å². The summed E-state index contributed by atoms with van der Waals surface area (Å²) in [6, 6.07) is 8.79. The van der Waals surface area contributed by atoms with Gasteiger partial charge >= 0.3 is 0 Å². The van der Waals surface area contributed by atoms with Crippen LogP contribution in [0.3, 0.4) is 0 Å². The molecule has 2 unspecified atom stereocenters. The standard InChI is InChI=1S/C18H28BrN5O/c1-20-18(21-11-15-13-23(2)9-10-25-15)22-14-7-8-24(12-14)17-6-4-3-5-16(17)19/h3-6,14-15H,7-13H2,1-2H3,(H2,20,21,22). The summed E-state index contributed by atoms with van der Waals surface area (Å²) in [5, 5.41) is 6.96. The third-order valence-corrected chi connectivity index (χ3v) is 5.46. The minimum Gasteiger partial charge on any atom is -0.374 e. The van der Waals surface area contributed by atoms with E-state index in [2.05, 4.69) is 72.7 Å².